The molecule has 1 atom stereocenters. The molecule has 0 saturated carbocycles. The molecule has 0 radical (unpaired) electrons. The molecule has 0 saturated heterocycles. The first-order valence-corrected chi connectivity index (χ1v) is 12.9. The van der Waals surface area contributed by atoms with Gasteiger partial charge in [-0.25, -0.2) is 14.4 Å². The number of nitrogens with zero attached hydrogens (tertiary/aromatic N) is 1. The number of likely N-dealkylation sites (N-methyl/N-ethyl adjacent to an activating group) is 1. The summed E-state index contributed by atoms with van der Waals surface area (Å²) in [6.45, 7) is 4.19. The van der Waals surface area contributed by atoms with Crippen LogP contribution in [0.2, 0.25) is 0 Å². The lowest BCUT2D eigenvalue weighted by atomic mass is 9.98. The largest absolute Gasteiger partial charge is 0.492 e. The normalized spacial score (nSPS) is 12.4. The number of rotatable bonds is 12. The minimum absolute atomic E-state index is 0.0903. The number of alkyl carbamates (subject to hydrolysis) is 1. The summed E-state index contributed by atoms with van der Waals surface area (Å²) < 4.78 is 16.0. The topological polar surface area (TPSA) is 114 Å². The smallest absolute Gasteiger partial charge is 0.410 e. The number of fused-ring (bicyclic) bond motifs is 3. The number of amides is 2. The Hall–Kier alpha value is -4.79. The van der Waals surface area contributed by atoms with Crippen molar-refractivity contribution in [3.05, 3.63) is 102 Å². The van der Waals surface area contributed by atoms with Gasteiger partial charge in [0.2, 0.25) is 0 Å². The lowest BCUT2D eigenvalue weighted by Gasteiger charge is -2.25. The van der Waals surface area contributed by atoms with Crippen LogP contribution in [0.1, 0.15) is 22.6 Å². The van der Waals surface area contributed by atoms with Gasteiger partial charge in [0.05, 0.1) is 6.54 Å². The van der Waals surface area contributed by atoms with Crippen molar-refractivity contribution < 1.29 is 33.7 Å². The number of carboxylic acids is 1. The molecule has 0 heterocycles. The lowest BCUT2D eigenvalue weighted by molar-refractivity contribution is -0.142. The van der Waals surface area contributed by atoms with Crippen LogP contribution in [0.4, 0.5) is 9.59 Å². The molecule has 40 heavy (non-hydrogen) atoms. The second-order valence-electron chi connectivity index (χ2n) is 9.28. The number of hydrogen-bond donors (Lipinski definition) is 2. The van der Waals surface area contributed by atoms with Crippen LogP contribution < -0.4 is 10.1 Å². The molecule has 0 unspecified atom stereocenters. The highest BCUT2D eigenvalue weighted by Gasteiger charge is 2.32. The number of carbonyl (C=O) groups excluding carboxylic acids is 2. The Morgan fingerprint density at radius 2 is 1.60 bits per heavy atom. The molecule has 3 aromatic rings. The van der Waals surface area contributed by atoms with Gasteiger partial charge < -0.3 is 24.6 Å². The Morgan fingerprint density at radius 1 is 0.975 bits per heavy atom. The molecular formula is C31H32N2O7. The highest BCUT2D eigenvalue weighted by molar-refractivity contribution is 5.81. The van der Waals surface area contributed by atoms with Gasteiger partial charge in [-0.15, -0.1) is 0 Å². The predicted molar refractivity (Wildman–Crippen MR) is 149 cm³/mol. The fraction of sp³-hybridized carbons (Fsp3) is 0.258. The van der Waals surface area contributed by atoms with Gasteiger partial charge in [-0.2, -0.15) is 0 Å². The van der Waals surface area contributed by atoms with Crippen molar-refractivity contribution in [1.29, 1.82) is 0 Å². The Balaban J connectivity index is 1.30. The molecule has 0 fully saturated rings. The molecule has 2 amide bonds. The summed E-state index contributed by atoms with van der Waals surface area (Å²) in [5.74, 6) is -0.693. The molecule has 0 bridgehead atoms. The Morgan fingerprint density at radius 3 is 2.20 bits per heavy atom. The number of carbonyl (C=O) groups is 3. The first kappa shape index (κ1) is 28.2. The fourth-order valence-electron chi connectivity index (χ4n) is 4.67. The lowest BCUT2D eigenvalue weighted by Crippen LogP contribution is -2.44. The van der Waals surface area contributed by atoms with Crippen LogP contribution in [0, 0.1) is 0 Å². The van der Waals surface area contributed by atoms with Gasteiger partial charge in [-0.3, -0.25) is 4.90 Å². The van der Waals surface area contributed by atoms with E-state index in [1.165, 1.54) is 13.1 Å². The van der Waals surface area contributed by atoms with E-state index in [4.69, 9.17) is 14.2 Å². The highest BCUT2D eigenvalue weighted by Crippen LogP contribution is 2.44. The maximum absolute atomic E-state index is 12.9. The number of nitrogens with one attached hydrogen (secondary N) is 1. The number of benzene rings is 3. The molecule has 208 valence electrons. The third-order valence-electron chi connectivity index (χ3n) is 6.70. The van der Waals surface area contributed by atoms with Crippen molar-refractivity contribution in [2.24, 2.45) is 0 Å². The van der Waals surface area contributed by atoms with E-state index in [-0.39, 0.29) is 38.7 Å². The molecule has 2 N–H and O–H groups in total. The van der Waals surface area contributed by atoms with E-state index in [0.717, 1.165) is 27.2 Å². The third kappa shape index (κ3) is 6.79. The number of carboxylic acid groups (broad SMARTS) is 1. The molecular weight excluding hydrogens is 512 g/mol. The van der Waals surface area contributed by atoms with Crippen molar-refractivity contribution in [2.45, 2.75) is 18.4 Å². The summed E-state index contributed by atoms with van der Waals surface area (Å²) in [4.78, 5) is 37.5. The van der Waals surface area contributed by atoms with E-state index in [0.29, 0.717) is 11.3 Å². The zero-order valence-corrected chi connectivity index (χ0v) is 22.2. The van der Waals surface area contributed by atoms with Crippen LogP contribution in [0.15, 0.2) is 85.5 Å². The highest BCUT2D eigenvalue weighted by atomic mass is 16.6. The van der Waals surface area contributed by atoms with E-state index < -0.39 is 24.2 Å². The number of aliphatic carboxylic acids is 1. The fourth-order valence-corrected chi connectivity index (χ4v) is 4.67. The Bertz CT molecular complexity index is 1310. The van der Waals surface area contributed by atoms with Crippen molar-refractivity contribution in [1.82, 2.24) is 10.2 Å². The van der Waals surface area contributed by atoms with E-state index >= 15 is 0 Å². The van der Waals surface area contributed by atoms with Gasteiger partial charge in [0, 0.05) is 19.4 Å². The summed E-state index contributed by atoms with van der Waals surface area (Å²) in [6.07, 6.45) is 0.308. The predicted octanol–water partition coefficient (Wildman–Crippen LogP) is 4.85. The summed E-state index contributed by atoms with van der Waals surface area (Å²) in [5, 5.41) is 12.4. The van der Waals surface area contributed by atoms with Gasteiger partial charge in [-0.1, -0.05) is 73.3 Å². The maximum atomic E-state index is 12.9. The van der Waals surface area contributed by atoms with Gasteiger partial charge >= 0.3 is 18.2 Å². The summed E-state index contributed by atoms with van der Waals surface area (Å²) in [5.41, 5.74) is 5.11. The maximum Gasteiger partial charge on any atom is 0.410 e. The zero-order chi connectivity index (χ0) is 28.5. The van der Waals surface area contributed by atoms with Crippen LogP contribution in [0.5, 0.6) is 5.75 Å². The standard InChI is InChI=1S/C31H32N2O7/c1-3-17-39-30(36)32-16-18-38-22-14-12-21(13-15-22)19-28(29(34)35)33(2)31(37)40-20-27-25-10-6-4-8-23(25)24-9-5-7-11-26(24)27/h3-15,27-28H,1,16-20H2,2H3,(H,32,36)(H,34,35)/t28-/m0/s1. The molecule has 9 heteroatoms. The minimum Gasteiger partial charge on any atom is -0.492 e. The summed E-state index contributed by atoms with van der Waals surface area (Å²) in [7, 11) is 1.43. The molecule has 1 aliphatic rings. The monoisotopic (exact) mass is 544 g/mol. The van der Waals surface area contributed by atoms with Gasteiger partial charge in [-0.05, 0) is 39.9 Å². The van der Waals surface area contributed by atoms with E-state index in [1.54, 1.807) is 24.3 Å². The van der Waals surface area contributed by atoms with E-state index in [1.807, 2.05) is 36.4 Å². The molecule has 4 rings (SSSR count). The van der Waals surface area contributed by atoms with Crippen LogP contribution in [-0.4, -0.2) is 67.6 Å². The van der Waals surface area contributed by atoms with Crippen LogP contribution >= 0.6 is 0 Å². The number of ether oxygens (including phenoxy) is 3. The Labute approximate surface area is 233 Å². The molecule has 1 aliphatic carbocycles. The minimum atomic E-state index is -1.13. The molecule has 0 spiro atoms. The number of hydrogen-bond acceptors (Lipinski definition) is 6. The van der Waals surface area contributed by atoms with Crippen molar-refractivity contribution in [3.8, 4) is 16.9 Å². The summed E-state index contributed by atoms with van der Waals surface area (Å²) in [6, 6.07) is 21.8. The van der Waals surface area contributed by atoms with Crippen molar-refractivity contribution in [3.63, 3.8) is 0 Å². The van der Waals surface area contributed by atoms with Crippen LogP contribution in [0.25, 0.3) is 11.1 Å². The van der Waals surface area contributed by atoms with Gasteiger partial charge in [0.25, 0.3) is 0 Å². The molecule has 0 aliphatic heterocycles. The zero-order valence-electron chi connectivity index (χ0n) is 22.2. The van der Waals surface area contributed by atoms with E-state index in [2.05, 4.69) is 24.0 Å². The van der Waals surface area contributed by atoms with Crippen molar-refractivity contribution >= 4 is 18.2 Å². The second-order valence-corrected chi connectivity index (χ2v) is 9.28. The van der Waals surface area contributed by atoms with Gasteiger partial charge in [0.1, 0.15) is 31.6 Å². The summed E-state index contributed by atoms with van der Waals surface area (Å²) >= 11 is 0. The molecule has 0 aromatic heterocycles. The second kappa shape index (κ2) is 13.3. The van der Waals surface area contributed by atoms with Crippen molar-refractivity contribution in [2.75, 3.05) is 33.4 Å². The third-order valence-corrected chi connectivity index (χ3v) is 6.70. The first-order valence-electron chi connectivity index (χ1n) is 12.9. The molecule has 9 nitrogen and oxygen atoms in total. The SMILES string of the molecule is C=CCOC(=O)NCCOc1ccc(C[C@@H](C(=O)O)N(C)C(=O)OCC2c3ccccc3-c3ccccc32)cc1. The average Bonchev–Trinajstić information content (AvgIpc) is 3.29. The molecule has 3 aromatic carbocycles. The Kier molecular flexibility index (Phi) is 9.40. The van der Waals surface area contributed by atoms with Crippen LogP contribution in [-0.2, 0) is 20.7 Å². The first-order chi connectivity index (χ1) is 19.4. The van der Waals surface area contributed by atoms with Gasteiger partial charge in [0.15, 0.2) is 0 Å². The average molecular weight is 545 g/mol. The quantitative estimate of drug-likeness (QED) is 0.247. The van der Waals surface area contributed by atoms with E-state index in [9.17, 15) is 19.5 Å². The van der Waals surface area contributed by atoms with Crippen LogP contribution in [0.3, 0.4) is 0 Å².